The van der Waals surface area contributed by atoms with Crippen LogP contribution in [0.4, 0.5) is 0 Å². The average molecular weight is 451 g/mol. The van der Waals surface area contributed by atoms with Gasteiger partial charge in [-0.2, -0.15) is 0 Å². The summed E-state index contributed by atoms with van der Waals surface area (Å²) in [6.07, 6.45) is 8.82. The van der Waals surface area contributed by atoms with E-state index in [1.54, 1.807) is 6.08 Å². The molecule has 1 saturated heterocycles. The van der Waals surface area contributed by atoms with Gasteiger partial charge in [0.1, 0.15) is 0 Å². The van der Waals surface area contributed by atoms with E-state index in [9.17, 15) is 4.79 Å². The number of ketones is 1. The summed E-state index contributed by atoms with van der Waals surface area (Å²) < 4.78 is 7.50. The molecule has 162 valence electrons. The zero-order valence-corrected chi connectivity index (χ0v) is 21.0. The van der Waals surface area contributed by atoms with E-state index < -0.39 is 8.32 Å². The zero-order valence-electron chi connectivity index (χ0n) is 18.4. The molecule has 1 atom stereocenters. The molecule has 1 aliphatic heterocycles. The summed E-state index contributed by atoms with van der Waals surface area (Å²) >= 11 is 4.19. The summed E-state index contributed by atoms with van der Waals surface area (Å²) in [4.78, 5) is 12.3. The summed E-state index contributed by atoms with van der Waals surface area (Å²) in [7, 11) is -1.64. The van der Waals surface area contributed by atoms with Crippen LogP contribution in [0.25, 0.3) is 0 Å². The lowest BCUT2D eigenvalue weighted by molar-refractivity contribution is -0.114. The van der Waals surface area contributed by atoms with Gasteiger partial charge in [0, 0.05) is 6.42 Å². The Balaban J connectivity index is 1.90. The fourth-order valence-electron chi connectivity index (χ4n) is 3.78. The Kier molecular flexibility index (Phi) is 11.7. The smallest absolute Gasteiger partial charge is 0.192 e. The first-order valence-electron chi connectivity index (χ1n) is 11.2. The number of hydrogen-bond acceptors (Lipinski definition) is 4. The molecular weight excluding hydrogens is 412 g/mol. The highest BCUT2D eigenvalue weighted by molar-refractivity contribution is 8.17. The molecule has 1 aromatic rings. The Morgan fingerprint density at radius 3 is 2.41 bits per heavy atom. The predicted molar refractivity (Wildman–Crippen MR) is 134 cm³/mol. The number of rotatable bonds is 13. The molecule has 5 heteroatoms. The number of carbonyl (C=O) groups excluding carboxylic acids is 1. The maximum absolute atomic E-state index is 12.3. The van der Waals surface area contributed by atoms with Crippen molar-refractivity contribution in [2.75, 3.05) is 11.5 Å². The highest BCUT2D eigenvalue weighted by Crippen LogP contribution is 2.36. The van der Waals surface area contributed by atoms with Crippen LogP contribution in [0, 0.1) is 0 Å². The first-order valence-corrected chi connectivity index (χ1v) is 15.9. The van der Waals surface area contributed by atoms with Crippen LogP contribution in [0.2, 0.25) is 18.1 Å². The van der Waals surface area contributed by atoms with E-state index in [0.717, 1.165) is 19.3 Å². The fraction of sp³-hybridized carbons (Fsp3) is 0.625. The first-order chi connectivity index (χ1) is 14.1. The summed E-state index contributed by atoms with van der Waals surface area (Å²) in [5, 5.41) is 0. The van der Waals surface area contributed by atoms with Gasteiger partial charge < -0.3 is 4.43 Å². The summed E-state index contributed by atoms with van der Waals surface area (Å²) in [5.41, 5.74) is 1.23. The van der Waals surface area contributed by atoms with Crippen molar-refractivity contribution in [1.29, 1.82) is 0 Å². The van der Waals surface area contributed by atoms with Gasteiger partial charge in [-0.1, -0.05) is 57.2 Å². The highest BCUT2D eigenvalue weighted by Gasteiger charge is 2.33. The van der Waals surface area contributed by atoms with Crippen LogP contribution in [0.1, 0.15) is 52.0 Å². The summed E-state index contributed by atoms with van der Waals surface area (Å²) in [5.74, 6) is 2.77. The number of benzene rings is 1. The van der Waals surface area contributed by atoms with Crippen LogP contribution in [0.15, 0.2) is 42.5 Å². The van der Waals surface area contributed by atoms with E-state index in [-0.39, 0.29) is 11.9 Å². The Hall–Kier alpha value is -0.493. The van der Waals surface area contributed by atoms with Crippen LogP contribution in [0.3, 0.4) is 0 Å². The SMILES string of the molecule is CC[Si](CC)(CC)O[C@H](C/C=C/C(=O)CCc1ccccc1)CC1SCCCS1. The Labute approximate surface area is 187 Å². The molecule has 0 amide bonds. The average Bonchev–Trinajstić information content (AvgIpc) is 2.77. The van der Waals surface area contributed by atoms with Crippen molar-refractivity contribution >= 4 is 37.6 Å². The molecular formula is C24H38O2S2Si. The third-order valence-corrected chi connectivity index (χ3v) is 13.6. The van der Waals surface area contributed by atoms with Crippen LogP contribution in [-0.2, 0) is 15.6 Å². The molecule has 0 aliphatic carbocycles. The molecule has 0 radical (unpaired) electrons. The van der Waals surface area contributed by atoms with E-state index >= 15 is 0 Å². The lowest BCUT2D eigenvalue weighted by Gasteiger charge is -2.35. The molecule has 29 heavy (non-hydrogen) atoms. The molecule has 0 aromatic heterocycles. The normalized spacial score (nSPS) is 16.9. The van der Waals surface area contributed by atoms with E-state index in [1.165, 1.54) is 41.6 Å². The van der Waals surface area contributed by atoms with Gasteiger partial charge in [-0.3, -0.25) is 4.79 Å². The van der Waals surface area contributed by atoms with E-state index in [1.807, 2.05) is 18.2 Å². The van der Waals surface area contributed by atoms with Gasteiger partial charge in [0.15, 0.2) is 14.1 Å². The Morgan fingerprint density at radius 2 is 1.79 bits per heavy atom. The summed E-state index contributed by atoms with van der Waals surface area (Å²) in [6, 6.07) is 13.8. The third-order valence-electron chi connectivity index (χ3n) is 5.91. The second-order valence-corrected chi connectivity index (χ2v) is 15.5. The molecule has 0 spiro atoms. The Morgan fingerprint density at radius 1 is 1.14 bits per heavy atom. The van der Waals surface area contributed by atoms with Crippen molar-refractivity contribution in [3.63, 3.8) is 0 Å². The number of carbonyl (C=O) groups is 1. The molecule has 1 fully saturated rings. The highest BCUT2D eigenvalue weighted by atomic mass is 32.2. The molecule has 1 aliphatic rings. The molecule has 0 bridgehead atoms. The minimum absolute atomic E-state index is 0.221. The van der Waals surface area contributed by atoms with Crippen LogP contribution in [-0.4, -0.2) is 36.3 Å². The van der Waals surface area contributed by atoms with Gasteiger partial charge in [0.05, 0.1) is 10.7 Å². The maximum Gasteiger partial charge on any atom is 0.192 e. The van der Waals surface area contributed by atoms with Crippen LogP contribution < -0.4 is 0 Å². The molecule has 1 aromatic carbocycles. The first kappa shape index (κ1) is 24.8. The quantitative estimate of drug-likeness (QED) is 0.236. The molecule has 2 rings (SSSR count). The van der Waals surface area contributed by atoms with Crippen molar-refractivity contribution < 1.29 is 9.22 Å². The third kappa shape index (κ3) is 9.03. The number of allylic oxidation sites excluding steroid dienone is 1. The number of thioether (sulfide) groups is 2. The lowest BCUT2D eigenvalue weighted by Crippen LogP contribution is -2.40. The van der Waals surface area contributed by atoms with E-state index in [4.69, 9.17) is 4.43 Å². The molecule has 0 N–H and O–H groups in total. The second kappa shape index (κ2) is 13.7. The van der Waals surface area contributed by atoms with Crippen LogP contribution in [0.5, 0.6) is 0 Å². The number of aryl methyl sites for hydroxylation is 1. The van der Waals surface area contributed by atoms with Gasteiger partial charge in [-0.25, -0.2) is 0 Å². The Bertz CT molecular complexity index is 602. The zero-order chi connectivity index (χ0) is 21.0. The van der Waals surface area contributed by atoms with Crippen molar-refractivity contribution in [3.05, 3.63) is 48.0 Å². The second-order valence-electron chi connectivity index (χ2n) is 7.83. The minimum atomic E-state index is -1.64. The van der Waals surface area contributed by atoms with Gasteiger partial charge in [0.2, 0.25) is 0 Å². The van der Waals surface area contributed by atoms with Gasteiger partial charge in [0.25, 0.3) is 0 Å². The standard InChI is InChI=1S/C24H38O2S2Si/c1-4-29(5-2,6-3)26-23(20-24-27-18-11-19-28-24)15-10-14-22(25)17-16-21-12-8-7-9-13-21/h7-10,12-14,23-24H,4-6,11,15-20H2,1-3H3/b14-10+/t23-/m1/s1. The van der Waals surface area contributed by atoms with Crippen LogP contribution >= 0.6 is 23.5 Å². The summed E-state index contributed by atoms with van der Waals surface area (Å²) in [6.45, 7) is 6.88. The minimum Gasteiger partial charge on any atom is -0.414 e. The van der Waals surface area contributed by atoms with Crippen molar-refractivity contribution in [2.45, 2.75) is 81.7 Å². The molecule has 0 unspecified atom stereocenters. The fourth-order valence-corrected chi connectivity index (χ4v) is 9.67. The van der Waals surface area contributed by atoms with Crippen molar-refractivity contribution in [3.8, 4) is 0 Å². The molecule has 0 saturated carbocycles. The largest absolute Gasteiger partial charge is 0.414 e. The molecule has 1 heterocycles. The van der Waals surface area contributed by atoms with Crippen molar-refractivity contribution in [2.24, 2.45) is 0 Å². The van der Waals surface area contributed by atoms with Crippen molar-refractivity contribution in [1.82, 2.24) is 0 Å². The van der Waals surface area contributed by atoms with Gasteiger partial charge in [-0.15, -0.1) is 23.5 Å². The van der Waals surface area contributed by atoms with Gasteiger partial charge >= 0.3 is 0 Å². The predicted octanol–water partition coefficient (Wildman–Crippen LogP) is 7.11. The topological polar surface area (TPSA) is 26.3 Å². The monoisotopic (exact) mass is 450 g/mol. The maximum atomic E-state index is 12.3. The number of hydrogen-bond donors (Lipinski definition) is 0. The lowest BCUT2D eigenvalue weighted by atomic mass is 10.1. The van der Waals surface area contributed by atoms with Gasteiger partial charge in [-0.05, 0) is 67.0 Å². The van der Waals surface area contributed by atoms with E-state index in [0.29, 0.717) is 11.0 Å². The van der Waals surface area contributed by atoms with E-state index in [2.05, 4.69) is 62.5 Å². The molecule has 2 nitrogen and oxygen atoms in total.